The second kappa shape index (κ2) is 3.76. The fraction of sp³-hybridized carbons (Fsp3) is 0. The van der Waals surface area contributed by atoms with Crippen LogP contribution in [0.15, 0.2) is 40.8 Å². The van der Waals surface area contributed by atoms with Crippen molar-refractivity contribution in [3.63, 3.8) is 0 Å². The van der Waals surface area contributed by atoms with Crippen molar-refractivity contribution in [1.29, 1.82) is 0 Å². The second-order valence-corrected chi connectivity index (χ2v) is 5.50. The van der Waals surface area contributed by atoms with Gasteiger partial charge in [-0.15, -0.1) is 11.3 Å². The van der Waals surface area contributed by atoms with E-state index in [9.17, 15) is 4.79 Å². The molecule has 0 radical (unpaired) electrons. The average Bonchev–Trinajstić information content (AvgIpc) is 2.85. The molecule has 19 heavy (non-hydrogen) atoms. The van der Waals surface area contributed by atoms with Crippen molar-refractivity contribution in [3.8, 4) is 0 Å². The fourth-order valence-electron chi connectivity index (χ4n) is 2.13. The molecule has 0 atom stereocenters. The first-order valence-electron chi connectivity index (χ1n) is 5.57. The molecular weight excluding hydrogens is 282 g/mol. The van der Waals surface area contributed by atoms with Gasteiger partial charge in [0.05, 0.1) is 31.7 Å². The van der Waals surface area contributed by atoms with E-state index in [1.54, 1.807) is 29.9 Å². The first kappa shape index (κ1) is 10.9. The standard InChI is InChI=1S/C13H6ClN3OS/c14-7-1-2-12-16-9-4-11-10(15-6-19-11)3-8(9)13(18)17(12)5-7/h1-6H. The lowest BCUT2D eigenvalue weighted by Crippen LogP contribution is -2.14. The van der Waals surface area contributed by atoms with E-state index in [1.165, 1.54) is 15.7 Å². The third-order valence-corrected chi connectivity index (χ3v) is 4.04. The second-order valence-electron chi connectivity index (χ2n) is 4.18. The Morgan fingerprint density at radius 2 is 2.11 bits per heavy atom. The molecule has 0 saturated carbocycles. The Hall–Kier alpha value is -1.98. The molecule has 4 rings (SSSR count). The molecule has 0 N–H and O–H groups in total. The molecule has 0 unspecified atom stereocenters. The molecule has 0 aliphatic rings. The van der Waals surface area contributed by atoms with Crippen molar-refractivity contribution in [2.24, 2.45) is 0 Å². The zero-order valence-corrected chi connectivity index (χ0v) is 11.1. The number of hydrogen-bond donors (Lipinski definition) is 0. The Bertz CT molecular complexity index is 1010. The maximum Gasteiger partial charge on any atom is 0.265 e. The lowest BCUT2D eigenvalue weighted by Gasteiger charge is -2.03. The quantitative estimate of drug-likeness (QED) is 0.467. The minimum atomic E-state index is -0.127. The van der Waals surface area contributed by atoms with Crippen molar-refractivity contribution < 1.29 is 0 Å². The van der Waals surface area contributed by atoms with Gasteiger partial charge in [0, 0.05) is 6.20 Å². The van der Waals surface area contributed by atoms with Crippen LogP contribution < -0.4 is 5.56 Å². The Balaban J connectivity index is 2.29. The molecule has 3 aromatic heterocycles. The van der Waals surface area contributed by atoms with Crippen molar-refractivity contribution in [1.82, 2.24) is 14.4 Å². The molecule has 0 amide bonds. The fourth-order valence-corrected chi connectivity index (χ4v) is 2.98. The van der Waals surface area contributed by atoms with Crippen LogP contribution >= 0.6 is 22.9 Å². The number of fused-ring (bicyclic) bond motifs is 3. The predicted octanol–water partition coefficient (Wildman–Crippen LogP) is 3.11. The Morgan fingerprint density at radius 1 is 1.21 bits per heavy atom. The predicted molar refractivity (Wildman–Crippen MR) is 77.2 cm³/mol. The molecule has 0 saturated heterocycles. The van der Waals surface area contributed by atoms with Gasteiger partial charge < -0.3 is 0 Å². The van der Waals surface area contributed by atoms with Crippen molar-refractivity contribution in [2.75, 3.05) is 0 Å². The zero-order valence-electron chi connectivity index (χ0n) is 9.50. The van der Waals surface area contributed by atoms with Crippen molar-refractivity contribution in [3.05, 3.63) is 51.3 Å². The molecule has 4 aromatic rings. The number of aromatic nitrogens is 3. The molecule has 0 spiro atoms. The molecule has 1 aromatic carbocycles. The van der Waals surface area contributed by atoms with E-state index < -0.39 is 0 Å². The summed E-state index contributed by atoms with van der Waals surface area (Å²) >= 11 is 7.46. The molecule has 0 bridgehead atoms. The van der Waals surface area contributed by atoms with E-state index in [0.717, 1.165) is 10.2 Å². The lowest BCUT2D eigenvalue weighted by molar-refractivity contribution is 1.08. The van der Waals surface area contributed by atoms with Gasteiger partial charge in [-0.2, -0.15) is 0 Å². The zero-order chi connectivity index (χ0) is 13.0. The highest BCUT2D eigenvalue weighted by atomic mass is 35.5. The number of benzene rings is 1. The van der Waals surface area contributed by atoms with Crippen LogP contribution in [-0.2, 0) is 0 Å². The first-order valence-corrected chi connectivity index (χ1v) is 6.83. The van der Waals surface area contributed by atoms with E-state index in [2.05, 4.69) is 9.97 Å². The lowest BCUT2D eigenvalue weighted by atomic mass is 10.2. The van der Waals surface area contributed by atoms with Crippen LogP contribution in [0.25, 0.3) is 26.8 Å². The molecule has 6 heteroatoms. The number of nitrogens with zero attached hydrogens (tertiary/aromatic N) is 3. The number of hydrogen-bond acceptors (Lipinski definition) is 4. The third-order valence-electron chi connectivity index (χ3n) is 3.02. The van der Waals surface area contributed by atoms with Gasteiger partial charge in [-0.1, -0.05) is 11.6 Å². The summed E-state index contributed by atoms with van der Waals surface area (Å²) in [4.78, 5) is 21.2. The van der Waals surface area contributed by atoms with E-state index in [0.29, 0.717) is 21.6 Å². The molecule has 0 fully saturated rings. The maximum absolute atomic E-state index is 12.4. The van der Waals surface area contributed by atoms with Gasteiger partial charge in [0.15, 0.2) is 0 Å². The summed E-state index contributed by atoms with van der Waals surface area (Å²) in [6.45, 7) is 0. The van der Waals surface area contributed by atoms with Gasteiger partial charge in [0.1, 0.15) is 5.65 Å². The smallest absolute Gasteiger partial charge is 0.265 e. The molecule has 3 heterocycles. The summed E-state index contributed by atoms with van der Waals surface area (Å²) in [6, 6.07) is 7.14. The van der Waals surface area contributed by atoms with Crippen LogP contribution in [-0.4, -0.2) is 14.4 Å². The van der Waals surface area contributed by atoms with Gasteiger partial charge in [0.2, 0.25) is 0 Å². The number of thiazole rings is 1. The molecule has 0 aliphatic carbocycles. The van der Waals surface area contributed by atoms with Crippen LogP contribution in [0.1, 0.15) is 0 Å². The van der Waals surface area contributed by atoms with Crippen LogP contribution in [0.5, 0.6) is 0 Å². The number of halogens is 1. The third kappa shape index (κ3) is 1.55. The highest BCUT2D eigenvalue weighted by Crippen LogP contribution is 2.22. The van der Waals surface area contributed by atoms with Crippen LogP contribution in [0.4, 0.5) is 0 Å². The monoisotopic (exact) mass is 287 g/mol. The summed E-state index contributed by atoms with van der Waals surface area (Å²) in [7, 11) is 0. The summed E-state index contributed by atoms with van der Waals surface area (Å²) < 4.78 is 2.49. The van der Waals surface area contributed by atoms with Crippen LogP contribution in [0.3, 0.4) is 0 Å². The summed E-state index contributed by atoms with van der Waals surface area (Å²) in [5, 5.41) is 1.06. The SMILES string of the molecule is O=c1c2cc3ncsc3cc2nc2ccc(Cl)cn12. The van der Waals surface area contributed by atoms with E-state index >= 15 is 0 Å². The van der Waals surface area contributed by atoms with Crippen molar-refractivity contribution >= 4 is 49.7 Å². The highest BCUT2D eigenvalue weighted by molar-refractivity contribution is 7.16. The molecule has 92 valence electrons. The highest BCUT2D eigenvalue weighted by Gasteiger charge is 2.08. The van der Waals surface area contributed by atoms with Gasteiger partial charge in [-0.25, -0.2) is 9.97 Å². The van der Waals surface area contributed by atoms with E-state index in [1.807, 2.05) is 6.07 Å². The summed E-state index contributed by atoms with van der Waals surface area (Å²) in [5.74, 6) is 0. The first-order chi connectivity index (χ1) is 9.22. The van der Waals surface area contributed by atoms with Gasteiger partial charge in [-0.3, -0.25) is 9.20 Å². The number of rotatable bonds is 0. The Kier molecular flexibility index (Phi) is 2.15. The minimum Gasteiger partial charge on any atom is -0.268 e. The minimum absolute atomic E-state index is 0.127. The Labute approximate surface area is 115 Å². The van der Waals surface area contributed by atoms with E-state index in [4.69, 9.17) is 11.6 Å². The largest absolute Gasteiger partial charge is 0.268 e. The topological polar surface area (TPSA) is 47.3 Å². The maximum atomic E-state index is 12.4. The van der Waals surface area contributed by atoms with Crippen LogP contribution in [0.2, 0.25) is 5.02 Å². The van der Waals surface area contributed by atoms with Crippen LogP contribution in [0, 0.1) is 0 Å². The van der Waals surface area contributed by atoms with Gasteiger partial charge >= 0.3 is 0 Å². The van der Waals surface area contributed by atoms with Crippen molar-refractivity contribution in [2.45, 2.75) is 0 Å². The normalized spacial score (nSPS) is 11.6. The van der Waals surface area contributed by atoms with Gasteiger partial charge in [-0.05, 0) is 24.3 Å². The molecule has 4 nitrogen and oxygen atoms in total. The number of pyridine rings is 1. The summed E-state index contributed by atoms with van der Waals surface area (Å²) in [5.41, 5.74) is 3.73. The summed E-state index contributed by atoms with van der Waals surface area (Å²) in [6.07, 6.45) is 1.58. The Morgan fingerprint density at radius 3 is 3.00 bits per heavy atom. The average molecular weight is 288 g/mol. The molecular formula is C13H6ClN3OS. The molecule has 0 aliphatic heterocycles. The van der Waals surface area contributed by atoms with Gasteiger partial charge in [0.25, 0.3) is 5.56 Å². The van der Waals surface area contributed by atoms with E-state index in [-0.39, 0.29) is 5.56 Å².